The smallest absolute Gasteiger partial charge is 0.187 e. The minimum absolute atomic E-state index is 0.0779. The van der Waals surface area contributed by atoms with E-state index in [0.717, 1.165) is 51.4 Å². The van der Waals surface area contributed by atoms with Gasteiger partial charge < -0.3 is 190 Å². The van der Waals surface area contributed by atoms with Gasteiger partial charge in [0, 0.05) is 21.7 Å². The van der Waals surface area contributed by atoms with Crippen molar-refractivity contribution in [1.29, 1.82) is 0 Å². The second-order valence-corrected chi connectivity index (χ2v) is 46.1. The third-order valence-electron chi connectivity index (χ3n) is 37.4. The van der Waals surface area contributed by atoms with E-state index >= 15 is 0 Å². The second kappa shape index (κ2) is 41.1. The third kappa shape index (κ3) is 19.1. The van der Waals surface area contributed by atoms with E-state index in [1.807, 2.05) is 0 Å². The molecule has 38 heteroatoms. The third-order valence-corrected chi connectivity index (χ3v) is 37.4. The average molecular weight is 1930 g/mol. The number of rotatable bonds is 28. The Hall–Kier alpha value is -2.04. The molecule has 0 amide bonds. The molecule has 14 rings (SSSR count). The number of aliphatic hydroxyl groups is 26. The molecule has 6 saturated heterocycles. The summed E-state index contributed by atoms with van der Waals surface area (Å²) in [5.74, 6) is 1.43. The highest BCUT2D eigenvalue weighted by atomic mass is 16.8. The van der Waals surface area contributed by atoms with E-state index in [1.165, 1.54) is 11.1 Å². The minimum atomic E-state index is -1.99. The van der Waals surface area contributed by atoms with Crippen LogP contribution in [0, 0.1) is 90.7 Å². The Labute approximate surface area is 785 Å². The molecule has 6 heterocycles. The van der Waals surface area contributed by atoms with Crippen LogP contribution >= 0.6 is 0 Å². The van der Waals surface area contributed by atoms with Crippen LogP contribution in [0.5, 0.6) is 0 Å². The molecule has 12 fully saturated rings. The zero-order chi connectivity index (χ0) is 99.0. The average Bonchev–Trinajstić information content (AvgIpc) is 1.42. The SMILES string of the molecule is C[C@H](CC[C@@H](O[C@@H]1O[C@H](CO)[C@@H](O)[C@H](O)[C@H]1OC1O[C@@H](CO)[C@H](O[C@H]2O[C@@H](CO)[C@H](O)[C@@H](O)[C@@H]2O)[C@@H](O)[C@@H]1O)C(C)(C)O)C1CC[C@@]2(C)C3CC=C4C(CC[C@H](O)C4(C)C)[C@]3(C)[C@H](O)C[C@]12C.C[C@H](CC[C@@H](O[C@@H]1O[C@H](CO)[C@@H](O[C@H]2O[C@@H](CO)[C@H](O)[C@@H](O)[C@@H]2O)[C@H](O)[C@H]1OC1O[C@@H](CO)[C@H](O)[C@@H](O)[C@@H]1O)C(C)(C)O)C1CC[C@@]2(C)C3CC=C4C(CC[C@H](O)C4(C)C)[C@]3(C)[C@H](O)C[C@]12C. The molecule has 6 aliphatic heterocycles. The fourth-order valence-electron chi connectivity index (χ4n) is 28.3. The summed E-state index contributed by atoms with van der Waals surface area (Å²) in [6, 6.07) is 0. The Kier molecular flexibility index (Phi) is 33.5. The first-order valence-corrected chi connectivity index (χ1v) is 49.1. The van der Waals surface area contributed by atoms with Gasteiger partial charge in [0.1, 0.15) is 146 Å². The van der Waals surface area contributed by atoms with Gasteiger partial charge in [-0.1, -0.05) is 106 Å². The van der Waals surface area contributed by atoms with Crippen LogP contribution in [0.2, 0.25) is 0 Å². The maximum absolute atomic E-state index is 12.4. The number of fused-ring (bicyclic) bond motifs is 10. The number of ether oxygens (including phenoxy) is 12. The maximum Gasteiger partial charge on any atom is 0.187 e. The summed E-state index contributed by atoms with van der Waals surface area (Å²) in [6.07, 6.45) is -39.1. The Morgan fingerprint density at radius 2 is 0.597 bits per heavy atom. The molecule has 0 radical (unpaired) electrons. The van der Waals surface area contributed by atoms with Crippen molar-refractivity contribution in [3.8, 4) is 0 Å². The summed E-state index contributed by atoms with van der Waals surface area (Å²) in [4.78, 5) is 0. The standard InChI is InChI=1S/2C48H82O19/c1-21(22-15-16-46(6)28-12-10-23-24(11-13-29(52)44(23,2)3)48(28,8)30(53)17-47(22,46)7)9-14-31(45(4,5)61)65-43-40(35(57)33(55)26(19-50)63-43)67-42-38(60)36(58)39(27(20-51)64-42)66-41-37(59)34(56)32(54)25(18-49)62-41;1-21(22-15-16-46(6)28-12-10-23-24(11-13-29(52)44(23,2)3)48(28,8)30(53)17-47(22,46)7)9-14-31(45(4,5)61)65-43-40(67-42-37(59)35(57)33(55)26(19-50)63-42)38(60)39(27(20-51)64-43)66-41-36(58)34(56)32(54)25(18-49)62-41/h2*10,21-22,24-43,49-61H,9,11-20H2,1-8H3/t21-,22?,24?,25+,26-,27+,28?,29+,30-,31-,32+,33-,34-,35+,36+,37+,38+,39+,40-,41-,42?,43+,46+,47-,48+;21-,22?,24?,25+,26+,27-,28?,29+,30-,31-,32+,33+,34-,35-,36+,37+,38+,39-,40-,41-,42?,43+,46+,47-,48+/m11/s1. The Morgan fingerprint density at radius 3 is 0.925 bits per heavy atom. The molecule has 6 saturated carbocycles. The van der Waals surface area contributed by atoms with Gasteiger partial charge in [0.15, 0.2) is 37.7 Å². The topological polar surface area (TPSA) is 637 Å². The van der Waals surface area contributed by atoms with E-state index in [2.05, 4.69) is 95.2 Å². The lowest BCUT2D eigenvalue weighted by molar-refractivity contribution is -0.393. The highest BCUT2D eigenvalue weighted by Crippen LogP contribution is 2.77. The summed E-state index contributed by atoms with van der Waals surface area (Å²) in [5.41, 5.74) is -2.54. The van der Waals surface area contributed by atoms with E-state index < -0.39 is 272 Å². The number of hydrogen-bond acceptors (Lipinski definition) is 38. The normalized spacial score (nSPS) is 51.0. The molecule has 26 N–H and O–H groups in total. The Morgan fingerprint density at radius 1 is 0.321 bits per heavy atom. The predicted molar refractivity (Wildman–Crippen MR) is 470 cm³/mol. The summed E-state index contributed by atoms with van der Waals surface area (Å²) < 4.78 is 71.2. The van der Waals surface area contributed by atoms with Crippen molar-refractivity contribution in [3.63, 3.8) is 0 Å². The van der Waals surface area contributed by atoms with Gasteiger partial charge in [-0.3, -0.25) is 0 Å². The molecule has 8 unspecified atom stereocenters. The van der Waals surface area contributed by atoms with Crippen molar-refractivity contribution in [1.82, 2.24) is 0 Å². The van der Waals surface area contributed by atoms with Gasteiger partial charge in [-0.25, -0.2) is 0 Å². The number of hydrogen-bond donors (Lipinski definition) is 26. The second-order valence-electron chi connectivity index (χ2n) is 46.1. The van der Waals surface area contributed by atoms with Crippen LogP contribution < -0.4 is 0 Å². The van der Waals surface area contributed by atoms with Crippen molar-refractivity contribution >= 4 is 0 Å². The fourth-order valence-corrected chi connectivity index (χ4v) is 28.3. The minimum Gasteiger partial charge on any atom is -0.394 e. The lowest BCUT2D eigenvalue weighted by Crippen LogP contribution is -2.67. The van der Waals surface area contributed by atoms with E-state index in [4.69, 9.17) is 56.8 Å². The Balaban J connectivity index is 0.000000227. The fraction of sp³-hybridized carbons (Fsp3) is 0.958. The van der Waals surface area contributed by atoms with E-state index in [9.17, 15) is 133 Å². The van der Waals surface area contributed by atoms with Gasteiger partial charge in [-0.05, 0) is 199 Å². The predicted octanol–water partition coefficient (Wildman–Crippen LogP) is -2.11. The molecule has 14 aliphatic rings. The van der Waals surface area contributed by atoms with Crippen LogP contribution in [0.3, 0.4) is 0 Å². The monoisotopic (exact) mass is 1930 g/mol. The lowest BCUT2D eigenvalue weighted by Gasteiger charge is -2.67. The zero-order valence-electron chi connectivity index (χ0n) is 80.6. The maximum atomic E-state index is 12.4. The van der Waals surface area contributed by atoms with Gasteiger partial charge in [-0.2, -0.15) is 0 Å². The molecule has 134 heavy (non-hydrogen) atoms. The first kappa shape index (κ1) is 109. The first-order chi connectivity index (χ1) is 62.4. The molecule has 8 aliphatic carbocycles. The van der Waals surface area contributed by atoms with Crippen molar-refractivity contribution in [2.45, 2.75) is 446 Å². The van der Waals surface area contributed by atoms with Crippen LogP contribution in [0.15, 0.2) is 23.3 Å². The molecule has 0 aromatic carbocycles. The first-order valence-electron chi connectivity index (χ1n) is 49.1. The quantitative estimate of drug-likeness (QED) is 0.0373. The highest BCUT2D eigenvalue weighted by molar-refractivity contribution is 5.34. The van der Waals surface area contributed by atoms with Gasteiger partial charge >= 0.3 is 0 Å². The van der Waals surface area contributed by atoms with Crippen LogP contribution in [-0.2, 0) is 56.8 Å². The molecule has 38 nitrogen and oxygen atoms in total. The summed E-state index contributed by atoms with van der Waals surface area (Å²) in [6.45, 7) is 28.4. The van der Waals surface area contributed by atoms with Gasteiger partial charge in [0.2, 0.25) is 0 Å². The highest BCUT2D eigenvalue weighted by Gasteiger charge is 2.73. The molecule has 0 spiro atoms. The lowest BCUT2D eigenvalue weighted by atomic mass is 9.38. The van der Waals surface area contributed by atoms with Crippen LogP contribution in [-0.4, -0.2) is 404 Å². The largest absolute Gasteiger partial charge is 0.394 e. The molecule has 0 aromatic heterocycles. The van der Waals surface area contributed by atoms with Gasteiger partial charge in [-0.15, -0.1) is 0 Å². The number of aliphatic hydroxyl groups excluding tert-OH is 24. The number of allylic oxidation sites excluding steroid dienone is 2. The van der Waals surface area contributed by atoms with Gasteiger partial charge in [0.05, 0.1) is 87.5 Å². The van der Waals surface area contributed by atoms with E-state index in [0.29, 0.717) is 44.9 Å². The zero-order valence-corrected chi connectivity index (χ0v) is 80.6. The summed E-state index contributed by atoms with van der Waals surface area (Å²) in [5, 5.41) is 282. The van der Waals surface area contributed by atoms with Crippen LogP contribution in [0.1, 0.15) is 214 Å². The summed E-state index contributed by atoms with van der Waals surface area (Å²) in [7, 11) is 0. The van der Waals surface area contributed by atoms with Crippen LogP contribution in [0.4, 0.5) is 0 Å². The molecular weight excluding hydrogens is 1760 g/mol. The van der Waals surface area contributed by atoms with Gasteiger partial charge in [0.25, 0.3) is 0 Å². The molecule has 0 aromatic rings. The molecule has 50 atom stereocenters. The van der Waals surface area contributed by atoms with Crippen molar-refractivity contribution in [2.24, 2.45) is 90.7 Å². The molecular formula is C96H164O38. The van der Waals surface area contributed by atoms with Crippen LogP contribution in [0.25, 0.3) is 0 Å². The molecule has 776 valence electrons. The summed E-state index contributed by atoms with van der Waals surface area (Å²) >= 11 is 0. The Bertz CT molecular complexity index is 3900. The van der Waals surface area contributed by atoms with Crippen molar-refractivity contribution in [3.05, 3.63) is 23.3 Å². The molecule has 0 bridgehead atoms. The van der Waals surface area contributed by atoms with E-state index in [-0.39, 0.29) is 97.1 Å². The van der Waals surface area contributed by atoms with E-state index in [1.54, 1.807) is 27.7 Å². The van der Waals surface area contributed by atoms with Crippen molar-refractivity contribution in [2.75, 3.05) is 39.6 Å². The van der Waals surface area contributed by atoms with Crippen molar-refractivity contribution < 1.29 is 190 Å².